The van der Waals surface area contributed by atoms with Crippen molar-refractivity contribution >= 4 is 17.6 Å². The van der Waals surface area contributed by atoms with Crippen LogP contribution in [0.2, 0.25) is 0 Å². The molecule has 1 saturated heterocycles. The van der Waals surface area contributed by atoms with Crippen LogP contribution >= 0.6 is 0 Å². The number of nitrogens with zero attached hydrogens (tertiary/aromatic N) is 1. The van der Waals surface area contributed by atoms with Gasteiger partial charge in [-0.25, -0.2) is 4.79 Å². The zero-order valence-electron chi connectivity index (χ0n) is 14.5. The number of furan rings is 1. The SMILES string of the molecule is CNC(=O)c1ccc(NC(=O)N2CCCCC2c2ccc(C)o2)cc1. The van der Waals surface area contributed by atoms with E-state index in [2.05, 4.69) is 10.6 Å². The van der Waals surface area contributed by atoms with E-state index in [0.717, 1.165) is 30.8 Å². The first-order valence-electron chi connectivity index (χ1n) is 8.54. The Morgan fingerprint density at radius 1 is 1.12 bits per heavy atom. The van der Waals surface area contributed by atoms with E-state index in [1.807, 2.05) is 24.0 Å². The normalized spacial score (nSPS) is 17.2. The van der Waals surface area contributed by atoms with Gasteiger partial charge in [-0.05, 0) is 62.6 Å². The van der Waals surface area contributed by atoms with Crippen molar-refractivity contribution in [3.63, 3.8) is 0 Å². The molecule has 2 heterocycles. The molecule has 1 aromatic carbocycles. The number of hydrogen-bond acceptors (Lipinski definition) is 3. The molecule has 0 bridgehead atoms. The topological polar surface area (TPSA) is 74.6 Å². The molecule has 1 aromatic heterocycles. The number of nitrogens with one attached hydrogen (secondary N) is 2. The van der Waals surface area contributed by atoms with Gasteiger partial charge in [0.25, 0.3) is 5.91 Å². The Bertz CT molecular complexity index is 752. The monoisotopic (exact) mass is 341 g/mol. The highest BCUT2D eigenvalue weighted by Crippen LogP contribution is 2.32. The maximum atomic E-state index is 12.7. The van der Waals surface area contributed by atoms with Crippen LogP contribution in [-0.2, 0) is 0 Å². The van der Waals surface area contributed by atoms with Crippen LogP contribution in [-0.4, -0.2) is 30.4 Å². The van der Waals surface area contributed by atoms with E-state index in [4.69, 9.17) is 4.42 Å². The van der Waals surface area contributed by atoms with Gasteiger partial charge in [0.05, 0.1) is 6.04 Å². The fourth-order valence-corrected chi connectivity index (χ4v) is 3.15. The predicted molar refractivity (Wildman–Crippen MR) is 95.6 cm³/mol. The van der Waals surface area contributed by atoms with Crippen molar-refractivity contribution in [3.05, 3.63) is 53.5 Å². The summed E-state index contributed by atoms with van der Waals surface area (Å²) in [6, 6.07) is 10.5. The molecule has 0 saturated carbocycles. The minimum atomic E-state index is -0.151. The summed E-state index contributed by atoms with van der Waals surface area (Å²) in [6.07, 6.45) is 2.96. The van der Waals surface area contributed by atoms with E-state index in [9.17, 15) is 9.59 Å². The van der Waals surface area contributed by atoms with Crippen LogP contribution in [0.25, 0.3) is 0 Å². The Hall–Kier alpha value is -2.76. The third-order valence-electron chi connectivity index (χ3n) is 4.48. The highest BCUT2D eigenvalue weighted by atomic mass is 16.3. The van der Waals surface area contributed by atoms with E-state index >= 15 is 0 Å². The summed E-state index contributed by atoms with van der Waals surface area (Å²) in [5.41, 5.74) is 1.22. The van der Waals surface area contributed by atoms with Crippen LogP contribution in [0, 0.1) is 6.92 Å². The lowest BCUT2D eigenvalue weighted by molar-refractivity contribution is 0.0963. The van der Waals surface area contributed by atoms with E-state index in [-0.39, 0.29) is 18.0 Å². The third-order valence-corrected chi connectivity index (χ3v) is 4.48. The van der Waals surface area contributed by atoms with Crippen LogP contribution in [0.3, 0.4) is 0 Å². The Kier molecular flexibility index (Phi) is 5.07. The second kappa shape index (κ2) is 7.42. The van der Waals surface area contributed by atoms with Gasteiger partial charge in [-0.2, -0.15) is 0 Å². The lowest BCUT2D eigenvalue weighted by Crippen LogP contribution is -2.41. The number of carbonyl (C=O) groups excluding carboxylic acids is 2. The van der Waals surface area contributed by atoms with Crippen molar-refractivity contribution < 1.29 is 14.0 Å². The molecule has 2 N–H and O–H groups in total. The van der Waals surface area contributed by atoms with E-state index in [1.165, 1.54) is 0 Å². The number of piperidine rings is 1. The Balaban J connectivity index is 1.71. The second-order valence-electron chi connectivity index (χ2n) is 6.24. The zero-order chi connectivity index (χ0) is 17.8. The molecule has 3 rings (SSSR count). The Labute approximate surface area is 147 Å². The molecule has 132 valence electrons. The minimum absolute atomic E-state index is 0.0346. The van der Waals surface area contributed by atoms with Crippen molar-refractivity contribution in [2.75, 3.05) is 18.9 Å². The number of rotatable bonds is 3. The highest BCUT2D eigenvalue weighted by molar-refractivity contribution is 5.95. The van der Waals surface area contributed by atoms with Gasteiger partial charge in [-0.3, -0.25) is 4.79 Å². The molecule has 1 unspecified atom stereocenters. The van der Waals surface area contributed by atoms with Crippen molar-refractivity contribution in [3.8, 4) is 0 Å². The first kappa shape index (κ1) is 17.1. The fraction of sp³-hybridized carbons (Fsp3) is 0.368. The van der Waals surface area contributed by atoms with Crippen molar-refractivity contribution in [1.82, 2.24) is 10.2 Å². The Morgan fingerprint density at radius 2 is 1.88 bits per heavy atom. The van der Waals surface area contributed by atoms with Crippen LogP contribution in [0.4, 0.5) is 10.5 Å². The molecule has 0 spiro atoms. The van der Waals surface area contributed by atoms with Crippen molar-refractivity contribution in [2.24, 2.45) is 0 Å². The minimum Gasteiger partial charge on any atom is -0.464 e. The first-order chi connectivity index (χ1) is 12.1. The maximum Gasteiger partial charge on any atom is 0.322 e. The highest BCUT2D eigenvalue weighted by Gasteiger charge is 2.30. The number of anilines is 1. The quantitative estimate of drug-likeness (QED) is 0.894. The molecule has 2 aromatic rings. The van der Waals surface area contributed by atoms with Gasteiger partial charge in [0, 0.05) is 24.8 Å². The summed E-state index contributed by atoms with van der Waals surface area (Å²) < 4.78 is 5.74. The van der Waals surface area contributed by atoms with Crippen LogP contribution in [0.15, 0.2) is 40.8 Å². The van der Waals surface area contributed by atoms with Crippen LogP contribution in [0.5, 0.6) is 0 Å². The van der Waals surface area contributed by atoms with Gasteiger partial charge in [0.2, 0.25) is 0 Å². The molecule has 6 heteroatoms. The number of amides is 3. The number of hydrogen-bond donors (Lipinski definition) is 2. The average molecular weight is 341 g/mol. The molecule has 1 aliphatic rings. The van der Waals surface area contributed by atoms with Gasteiger partial charge < -0.3 is 20.0 Å². The maximum absolute atomic E-state index is 12.7. The molecule has 1 aliphatic heterocycles. The first-order valence-corrected chi connectivity index (χ1v) is 8.54. The lowest BCUT2D eigenvalue weighted by Gasteiger charge is -2.34. The molecule has 0 aliphatic carbocycles. The fourth-order valence-electron chi connectivity index (χ4n) is 3.15. The van der Waals surface area contributed by atoms with Crippen molar-refractivity contribution in [2.45, 2.75) is 32.2 Å². The van der Waals surface area contributed by atoms with E-state index in [1.54, 1.807) is 31.3 Å². The standard InChI is InChI=1S/C19H23N3O3/c1-13-6-11-17(25-13)16-5-3-4-12-22(16)19(24)21-15-9-7-14(8-10-15)18(23)20-2/h6-11,16H,3-5,12H2,1-2H3,(H,20,23)(H,21,24). The number of likely N-dealkylation sites (tertiary alicyclic amines) is 1. The molecule has 25 heavy (non-hydrogen) atoms. The van der Waals surface area contributed by atoms with Gasteiger partial charge in [0.1, 0.15) is 11.5 Å². The van der Waals surface area contributed by atoms with Gasteiger partial charge in [-0.15, -0.1) is 0 Å². The molecular weight excluding hydrogens is 318 g/mol. The van der Waals surface area contributed by atoms with E-state index in [0.29, 0.717) is 17.8 Å². The largest absolute Gasteiger partial charge is 0.464 e. The van der Waals surface area contributed by atoms with Gasteiger partial charge in [0.15, 0.2) is 0 Å². The predicted octanol–water partition coefficient (Wildman–Crippen LogP) is 3.71. The summed E-state index contributed by atoms with van der Waals surface area (Å²) in [5, 5.41) is 5.49. The summed E-state index contributed by atoms with van der Waals surface area (Å²) in [7, 11) is 1.59. The molecule has 0 radical (unpaired) electrons. The molecule has 1 fully saturated rings. The van der Waals surface area contributed by atoms with Gasteiger partial charge >= 0.3 is 6.03 Å². The number of carbonyl (C=O) groups is 2. The number of aryl methyl sites for hydroxylation is 1. The summed E-state index contributed by atoms with van der Waals surface area (Å²) in [4.78, 5) is 26.1. The van der Waals surface area contributed by atoms with Crippen molar-refractivity contribution in [1.29, 1.82) is 0 Å². The third kappa shape index (κ3) is 3.84. The number of urea groups is 1. The zero-order valence-corrected chi connectivity index (χ0v) is 14.5. The lowest BCUT2D eigenvalue weighted by atomic mass is 10.0. The molecule has 1 atom stereocenters. The van der Waals surface area contributed by atoms with Gasteiger partial charge in [-0.1, -0.05) is 0 Å². The van der Waals surface area contributed by atoms with Crippen LogP contribution < -0.4 is 10.6 Å². The number of benzene rings is 1. The summed E-state index contributed by atoms with van der Waals surface area (Å²) in [5.74, 6) is 1.54. The van der Waals surface area contributed by atoms with E-state index < -0.39 is 0 Å². The molecule has 6 nitrogen and oxygen atoms in total. The summed E-state index contributed by atoms with van der Waals surface area (Å²) in [6.45, 7) is 2.61. The molecule has 3 amide bonds. The smallest absolute Gasteiger partial charge is 0.322 e. The summed E-state index contributed by atoms with van der Waals surface area (Å²) >= 11 is 0. The Morgan fingerprint density at radius 3 is 2.52 bits per heavy atom. The second-order valence-corrected chi connectivity index (χ2v) is 6.24. The molecular formula is C19H23N3O3. The average Bonchev–Trinajstić information content (AvgIpc) is 3.08. The van der Waals surface area contributed by atoms with Crippen LogP contribution in [0.1, 0.15) is 47.2 Å².